The van der Waals surface area contributed by atoms with Gasteiger partial charge in [0.1, 0.15) is 12.0 Å². The van der Waals surface area contributed by atoms with Crippen molar-refractivity contribution in [3.05, 3.63) is 58.6 Å². The summed E-state index contributed by atoms with van der Waals surface area (Å²) in [6.07, 6.45) is 3.30. The third-order valence-electron chi connectivity index (χ3n) is 2.18. The fraction of sp³-hybridized carbons (Fsp3) is 0.0833. The molecule has 0 atom stereocenters. The highest BCUT2D eigenvalue weighted by atomic mass is 79.9. The van der Waals surface area contributed by atoms with Crippen molar-refractivity contribution in [1.82, 2.24) is 9.97 Å². The second-order valence-corrected chi connectivity index (χ2v) is 4.14. The Bertz CT molecular complexity index is 499. The van der Waals surface area contributed by atoms with Gasteiger partial charge in [0.25, 0.3) is 0 Å². The van der Waals surface area contributed by atoms with E-state index in [2.05, 4.69) is 25.9 Å². The molecule has 80 valence electrons. The lowest BCUT2D eigenvalue weighted by atomic mass is 10.1. The molecule has 1 aromatic heterocycles. The van der Waals surface area contributed by atoms with Crippen molar-refractivity contribution < 1.29 is 4.79 Å². The number of carbonyl (C=O) groups is 1. The zero-order chi connectivity index (χ0) is 11.4. The highest BCUT2D eigenvalue weighted by Crippen LogP contribution is 2.17. The van der Waals surface area contributed by atoms with E-state index >= 15 is 0 Å². The number of Topliss-reactive ketones (excluding diaryl/α,β-unsaturated/α-hetero) is 1. The summed E-state index contributed by atoms with van der Waals surface area (Å²) < 4.78 is 0.942. The number of rotatable bonds is 3. The van der Waals surface area contributed by atoms with E-state index in [4.69, 9.17) is 0 Å². The minimum absolute atomic E-state index is 0.00528. The van der Waals surface area contributed by atoms with Crippen molar-refractivity contribution in [2.24, 2.45) is 0 Å². The van der Waals surface area contributed by atoms with Crippen molar-refractivity contribution in [2.75, 3.05) is 0 Å². The largest absolute Gasteiger partial charge is 0.292 e. The van der Waals surface area contributed by atoms with Gasteiger partial charge in [-0.3, -0.25) is 4.79 Å². The molecular formula is C12H9BrN2O. The molecule has 2 rings (SSSR count). The Hall–Kier alpha value is -1.55. The van der Waals surface area contributed by atoms with Gasteiger partial charge >= 0.3 is 0 Å². The van der Waals surface area contributed by atoms with Gasteiger partial charge in [0, 0.05) is 17.1 Å². The van der Waals surface area contributed by atoms with Crippen LogP contribution in [-0.2, 0) is 6.42 Å². The molecule has 0 amide bonds. The first-order chi connectivity index (χ1) is 7.77. The molecule has 0 bridgehead atoms. The van der Waals surface area contributed by atoms with Crippen LogP contribution in [0.4, 0.5) is 0 Å². The topological polar surface area (TPSA) is 42.9 Å². The molecule has 16 heavy (non-hydrogen) atoms. The van der Waals surface area contributed by atoms with Crippen molar-refractivity contribution in [1.29, 1.82) is 0 Å². The molecule has 4 heteroatoms. The molecule has 0 aliphatic carbocycles. The molecule has 3 nitrogen and oxygen atoms in total. The van der Waals surface area contributed by atoms with Gasteiger partial charge in [-0.1, -0.05) is 34.1 Å². The second kappa shape index (κ2) is 4.99. The maximum Gasteiger partial charge on any atom is 0.185 e. The van der Waals surface area contributed by atoms with Crippen LogP contribution in [0.2, 0.25) is 0 Å². The molecule has 0 spiro atoms. The summed E-state index contributed by atoms with van der Waals surface area (Å²) in [5.41, 5.74) is 1.41. The number of ketones is 1. The first-order valence-corrected chi connectivity index (χ1v) is 5.59. The van der Waals surface area contributed by atoms with Crippen molar-refractivity contribution in [2.45, 2.75) is 6.42 Å². The number of benzene rings is 1. The summed E-state index contributed by atoms with van der Waals surface area (Å²) in [7, 11) is 0. The van der Waals surface area contributed by atoms with Crippen molar-refractivity contribution >= 4 is 21.7 Å². The molecule has 0 saturated carbocycles. The van der Waals surface area contributed by atoms with E-state index in [1.807, 2.05) is 24.3 Å². The second-order valence-electron chi connectivity index (χ2n) is 3.29. The molecular weight excluding hydrogens is 268 g/mol. The maximum atomic E-state index is 11.9. The number of halogens is 1. The lowest BCUT2D eigenvalue weighted by molar-refractivity contribution is 0.0988. The summed E-state index contributed by atoms with van der Waals surface area (Å²) in [6, 6.07) is 9.29. The average molecular weight is 277 g/mol. The van der Waals surface area contributed by atoms with E-state index < -0.39 is 0 Å². The van der Waals surface area contributed by atoms with Gasteiger partial charge in [0.05, 0.1) is 0 Å². The monoisotopic (exact) mass is 276 g/mol. The molecule has 1 heterocycles. The average Bonchev–Trinajstić information content (AvgIpc) is 2.33. The van der Waals surface area contributed by atoms with Crippen LogP contribution in [0.1, 0.15) is 16.1 Å². The molecule has 0 saturated heterocycles. The molecule has 2 aromatic rings. The smallest absolute Gasteiger partial charge is 0.185 e. The Morgan fingerprint density at radius 2 is 2.06 bits per heavy atom. The summed E-state index contributed by atoms with van der Waals surface area (Å²) in [6.45, 7) is 0. The Morgan fingerprint density at radius 1 is 1.25 bits per heavy atom. The quantitative estimate of drug-likeness (QED) is 0.810. The number of hydrogen-bond donors (Lipinski definition) is 0. The standard InChI is InChI=1S/C12H9BrN2O/c13-10-4-2-1-3-9(10)7-12(16)11-5-6-14-8-15-11/h1-6,8H,7H2. The zero-order valence-corrected chi connectivity index (χ0v) is 10.0. The Balaban J connectivity index is 2.18. The lowest BCUT2D eigenvalue weighted by Gasteiger charge is -2.02. The number of carbonyl (C=O) groups excluding carboxylic acids is 1. The highest BCUT2D eigenvalue weighted by molar-refractivity contribution is 9.10. The van der Waals surface area contributed by atoms with Crippen molar-refractivity contribution in [3.63, 3.8) is 0 Å². The van der Waals surface area contributed by atoms with Crippen LogP contribution in [0.15, 0.2) is 47.3 Å². The van der Waals surface area contributed by atoms with Crippen LogP contribution < -0.4 is 0 Å². The van der Waals surface area contributed by atoms with E-state index in [1.54, 1.807) is 12.3 Å². The summed E-state index contributed by atoms with van der Waals surface area (Å²) in [4.78, 5) is 19.6. The molecule has 1 aromatic carbocycles. The molecule has 0 N–H and O–H groups in total. The van der Waals surface area contributed by atoms with Gasteiger partial charge in [0.15, 0.2) is 5.78 Å². The first kappa shape index (κ1) is 11.0. The maximum absolute atomic E-state index is 11.9. The Labute approximate surface area is 102 Å². The van der Waals surface area contributed by atoms with Crippen LogP contribution in [0.3, 0.4) is 0 Å². The normalized spacial score (nSPS) is 10.1. The van der Waals surface area contributed by atoms with Crippen LogP contribution in [0, 0.1) is 0 Å². The predicted molar refractivity (Wildman–Crippen MR) is 64.2 cm³/mol. The van der Waals surface area contributed by atoms with Crippen molar-refractivity contribution in [3.8, 4) is 0 Å². The first-order valence-electron chi connectivity index (χ1n) is 4.80. The zero-order valence-electron chi connectivity index (χ0n) is 8.43. The van der Waals surface area contributed by atoms with Crippen LogP contribution in [0.25, 0.3) is 0 Å². The van der Waals surface area contributed by atoms with Gasteiger partial charge in [-0.05, 0) is 17.7 Å². The predicted octanol–water partition coefficient (Wildman–Crippen LogP) is 2.66. The van der Waals surface area contributed by atoms with Gasteiger partial charge in [-0.15, -0.1) is 0 Å². The van der Waals surface area contributed by atoms with Gasteiger partial charge in [-0.2, -0.15) is 0 Å². The minimum Gasteiger partial charge on any atom is -0.292 e. The van der Waals surface area contributed by atoms with Gasteiger partial charge < -0.3 is 0 Å². The van der Waals surface area contributed by atoms with E-state index in [0.29, 0.717) is 12.1 Å². The van der Waals surface area contributed by atoms with E-state index in [1.165, 1.54) is 6.33 Å². The van der Waals surface area contributed by atoms with Gasteiger partial charge in [0.2, 0.25) is 0 Å². The fourth-order valence-electron chi connectivity index (χ4n) is 1.36. The molecule has 0 fully saturated rings. The molecule has 0 unspecified atom stereocenters. The number of nitrogens with zero attached hydrogens (tertiary/aromatic N) is 2. The molecule has 0 aliphatic heterocycles. The third-order valence-corrected chi connectivity index (χ3v) is 2.95. The third kappa shape index (κ3) is 2.52. The van der Waals surface area contributed by atoms with Gasteiger partial charge in [-0.25, -0.2) is 9.97 Å². The summed E-state index contributed by atoms with van der Waals surface area (Å²) in [5, 5.41) is 0. The highest BCUT2D eigenvalue weighted by Gasteiger charge is 2.09. The summed E-state index contributed by atoms with van der Waals surface area (Å²) in [5.74, 6) is -0.00528. The fourth-order valence-corrected chi connectivity index (χ4v) is 1.79. The molecule has 0 radical (unpaired) electrons. The Kier molecular flexibility index (Phi) is 3.41. The van der Waals surface area contributed by atoms with Crippen LogP contribution in [0.5, 0.6) is 0 Å². The Morgan fingerprint density at radius 3 is 2.75 bits per heavy atom. The van der Waals surface area contributed by atoms with E-state index in [-0.39, 0.29) is 5.78 Å². The number of aromatic nitrogens is 2. The lowest BCUT2D eigenvalue weighted by Crippen LogP contribution is -2.06. The SMILES string of the molecule is O=C(Cc1ccccc1Br)c1ccncn1. The van der Waals surface area contributed by atoms with E-state index in [0.717, 1.165) is 10.0 Å². The van der Waals surface area contributed by atoms with E-state index in [9.17, 15) is 4.79 Å². The molecule has 0 aliphatic rings. The summed E-state index contributed by atoms with van der Waals surface area (Å²) >= 11 is 3.41. The minimum atomic E-state index is -0.00528. The number of hydrogen-bond acceptors (Lipinski definition) is 3. The van der Waals surface area contributed by atoms with Crippen LogP contribution in [-0.4, -0.2) is 15.8 Å². The van der Waals surface area contributed by atoms with Crippen LogP contribution >= 0.6 is 15.9 Å².